The van der Waals surface area contributed by atoms with E-state index in [1.807, 2.05) is 60.7 Å². The van der Waals surface area contributed by atoms with E-state index in [0.717, 1.165) is 21.5 Å². The Kier molecular flexibility index (Phi) is 3.60. The Hall–Kier alpha value is -2.92. The normalized spacial score (nSPS) is 14.5. The number of hydrogen-bond donors (Lipinski definition) is 1. The number of hydrogen-bond acceptors (Lipinski definition) is 3. The maximum atomic E-state index is 13.1. The molecular weight excluding hydrogens is 342 g/mol. The third-order valence-corrected chi connectivity index (χ3v) is 5.64. The summed E-state index contributed by atoms with van der Waals surface area (Å²) < 4.78 is 2.64. The minimum atomic E-state index is -0.0557. The highest BCUT2D eigenvalue weighted by atomic mass is 32.1. The van der Waals surface area contributed by atoms with Crippen molar-refractivity contribution in [2.24, 2.45) is 5.92 Å². The number of allylic oxidation sites excluding steroid dienone is 1. The van der Waals surface area contributed by atoms with Gasteiger partial charge in [-0.2, -0.15) is 4.68 Å². The molecule has 0 radical (unpaired) electrons. The fraction of sp³-hybridized carbons (Fsp3) is 0.143. The molecule has 0 atom stereocenters. The molecule has 0 amide bonds. The van der Waals surface area contributed by atoms with Gasteiger partial charge in [0.15, 0.2) is 0 Å². The molecule has 1 N–H and O–H groups in total. The van der Waals surface area contributed by atoms with E-state index in [2.05, 4.69) is 16.2 Å². The molecule has 4 nitrogen and oxygen atoms in total. The van der Waals surface area contributed by atoms with E-state index < -0.39 is 0 Å². The van der Waals surface area contributed by atoms with Crippen molar-refractivity contribution in [2.45, 2.75) is 12.8 Å². The molecule has 5 rings (SSSR count). The van der Waals surface area contributed by atoms with Crippen molar-refractivity contribution in [3.8, 4) is 16.4 Å². The monoisotopic (exact) mass is 359 g/mol. The Labute approximate surface area is 154 Å². The Bertz CT molecular complexity index is 1130. The van der Waals surface area contributed by atoms with Gasteiger partial charge in [-0.25, -0.2) is 4.98 Å². The smallest absolute Gasteiger partial charge is 0.281 e. The lowest BCUT2D eigenvalue weighted by atomic mass is 10.1. The molecule has 0 spiro atoms. The Morgan fingerprint density at radius 2 is 1.85 bits per heavy atom. The number of aromatic amines is 1. The lowest BCUT2D eigenvalue weighted by molar-refractivity contribution is 0.845. The number of nitrogens with zero attached hydrogens (tertiary/aromatic N) is 2. The fourth-order valence-corrected chi connectivity index (χ4v) is 3.97. The average molecular weight is 359 g/mol. The fourth-order valence-electron chi connectivity index (χ4n) is 3.04. The van der Waals surface area contributed by atoms with Gasteiger partial charge in [-0.3, -0.25) is 9.89 Å². The second-order valence-electron chi connectivity index (χ2n) is 6.57. The van der Waals surface area contributed by atoms with Crippen molar-refractivity contribution in [3.05, 3.63) is 76.6 Å². The summed E-state index contributed by atoms with van der Waals surface area (Å²) in [4.78, 5) is 17.7. The number of para-hydroxylation sites is 1. The van der Waals surface area contributed by atoms with Crippen LogP contribution < -0.4 is 5.56 Å². The number of aromatic nitrogens is 3. The zero-order chi connectivity index (χ0) is 17.5. The molecule has 0 unspecified atom stereocenters. The lowest BCUT2D eigenvalue weighted by Gasteiger charge is -1.99. The van der Waals surface area contributed by atoms with Crippen molar-refractivity contribution in [3.63, 3.8) is 0 Å². The van der Waals surface area contributed by atoms with Crippen LogP contribution in [0, 0.1) is 5.92 Å². The van der Waals surface area contributed by atoms with Gasteiger partial charge in [-0.1, -0.05) is 66.0 Å². The van der Waals surface area contributed by atoms with Crippen LogP contribution in [0.5, 0.6) is 0 Å². The first-order chi connectivity index (χ1) is 12.8. The lowest BCUT2D eigenvalue weighted by Crippen LogP contribution is -2.15. The van der Waals surface area contributed by atoms with Crippen LogP contribution >= 0.6 is 11.3 Å². The minimum absolute atomic E-state index is 0.0557. The van der Waals surface area contributed by atoms with Gasteiger partial charge in [0.05, 0.1) is 21.5 Å². The van der Waals surface area contributed by atoms with E-state index in [4.69, 9.17) is 0 Å². The number of nitrogens with one attached hydrogen (secondary N) is 1. The Morgan fingerprint density at radius 3 is 2.62 bits per heavy atom. The second-order valence-corrected chi connectivity index (χ2v) is 7.58. The zero-order valence-electron chi connectivity index (χ0n) is 14.1. The predicted octanol–water partition coefficient (Wildman–Crippen LogP) is 4.87. The van der Waals surface area contributed by atoms with Gasteiger partial charge in [0.25, 0.3) is 5.56 Å². The average Bonchev–Trinajstić information content (AvgIpc) is 3.31. The molecule has 2 heterocycles. The first-order valence-electron chi connectivity index (χ1n) is 8.74. The number of rotatable bonds is 4. The van der Waals surface area contributed by atoms with Crippen LogP contribution in [-0.4, -0.2) is 14.8 Å². The maximum Gasteiger partial charge on any atom is 0.281 e. The van der Waals surface area contributed by atoms with E-state index in [0.29, 0.717) is 16.6 Å². The number of thiazole rings is 1. The molecule has 1 fully saturated rings. The van der Waals surface area contributed by atoms with Crippen molar-refractivity contribution < 1.29 is 0 Å². The van der Waals surface area contributed by atoms with Crippen LogP contribution in [-0.2, 0) is 0 Å². The van der Waals surface area contributed by atoms with Crippen LogP contribution in [0.4, 0.5) is 0 Å². The quantitative estimate of drug-likeness (QED) is 0.565. The zero-order valence-corrected chi connectivity index (χ0v) is 14.9. The van der Waals surface area contributed by atoms with Crippen molar-refractivity contribution in [1.29, 1.82) is 0 Å². The summed E-state index contributed by atoms with van der Waals surface area (Å²) in [6.07, 6.45) is 6.56. The highest BCUT2D eigenvalue weighted by Gasteiger charge is 2.20. The van der Waals surface area contributed by atoms with Gasteiger partial charge in [0.2, 0.25) is 5.13 Å². The van der Waals surface area contributed by atoms with Gasteiger partial charge in [0, 0.05) is 5.56 Å². The first kappa shape index (κ1) is 15.3. The highest BCUT2D eigenvalue weighted by Crippen LogP contribution is 2.32. The summed E-state index contributed by atoms with van der Waals surface area (Å²) in [5.41, 5.74) is 3.39. The Morgan fingerprint density at radius 1 is 1.08 bits per heavy atom. The molecule has 0 bridgehead atoms. The first-order valence-corrected chi connectivity index (χ1v) is 9.56. The molecule has 2 aromatic carbocycles. The van der Waals surface area contributed by atoms with Crippen molar-refractivity contribution >= 4 is 27.6 Å². The molecule has 2 aromatic heterocycles. The van der Waals surface area contributed by atoms with Crippen molar-refractivity contribution in [1.82, 2.24) is 14.8 Å². The van der Waals surface area contributed by atoms with Gasteiger partial charge >= 0.3 is 0 Å². The topological polar surface area (TPSA) is 50.7 Å². The molecule has 0 aliphatic heterocycles. The van der Waals surface area contributed by atoms with E-state index in [1.54, 1.807) is 4.68 Å². The van der Waals surface area contributed by atoms with Gasteiger partial charge in [-0.05, 0) is 30.9 Å². The molecule has 5 heteroatoms. The number of fused-ring (bicyclic) bond motifs is 1. The summed E-state index contributed by atoms with van der Waals surface area (Å²) in [6.45, 7) is 0. The van der Waals surface area contributed by atoms with Crippen LogP contribution in [0.1, 0.15) is 18.4 Å². The SMILES string of the molecule is O=c1c(/C=C\C2CC2)c(-c2ccccc2)[nH]n1-c1nc2ccccc2s1. The molecule has 128 valence electrons. The van der Waals surface area contributed by atoms with Crippen LogP contribution in [0.2, 0.25) is 0 Å². The number of H-pyrrole nitrogens is 1. The van der Waals surface area contributed by atoms with Gasteiger partial charge in [-0.15, -0.1) is 0 Å². The van der Waals surface area contributed by atoms with Crippen LogP contribution in [0.15, 0.2) is 65.5 Å². The Balaban J connectivity index is 1.69. The third kappa shape index (κ3) is 2.70. The molecular formula is C21H17N3OS. The molecule has 0 saturated heterocycles. The van der Waals surface area contributed by atoms with Gasteiger partial charge in [0.1, 0.15) is 0 Å². The second kappa shape index (κ2) is 6.11. The number of benzene rings is 2. The van der Waals surface area contributed by atoms with Gasteiger partial charge < -0.3 is 0 Å². The summed E-state index contributed by atoms with van der Waals surface area (Å²) in [7, 11) is 0. The maximum absolute atomic E-state index is 13.1. The predicted molar refractivity (Wildman–Crippen MR) is 107 cm³/mol. The summed E-state index contributed by atoms with van der Waals surface area (Å²) in [6, 6.07) is 17.9. The molecule has 1 aliphatic carbocycles. The standard InChI is InChI=1S/C21H17N3OS/c25-20-16(13-12-14-10-11-14)19(15-6-2-1-3-7-15)23-24(20)21-22-17-8-4-5-9-18(17)26-21/h1-9,12-14,23H,10-11H2/b13-12-. The largest absolute Gasteiger partial charge is 0.288 e. The molecule has 26 heavy (non-hydrogen) atoms. The van der Waals surface area contributed by atoms with E-state index >= 15 is 0 Å². The van der Waals surface area contributed by atoms with Crippen molar-refractivity contribution in [2.75, 3.05) is 0 Å². The van der Waals surface area contributed by atoms with Crippen LogP contribution in [0.25, 0.3) is 32.7 Å². The highest BCUT2D eigenvalue weighted by molar-refractivity contribution is 7.20. The van der Waals surface area contributed by atoms with E-state index in [-0.39, 0.29) is 5.56 Å². The summed E-state index contributed by atoms with van der Waals surface area (Å²) in [5, 5.41) is 3.95. The van der Waals surface area contributed by atoms with E-state index in [1.165, 1.54) is 24.2 Å². The minimum Gasteiger partial charge on any atom is -0.288 e. The summed E-state index contributed by atoms with van der Waals surface area (Å²) in [5.74, 6) is 0.615. The molecule has 1 saturated carbocycles. The molecule has 1 aliphatic rings. The summed E-state index contributed by atoms with van der Waals surface area (Å²) >= 11 is 1.52. The molecule has 4 aromatic rings. The third-order valence-electron chi connectivity index (χ3n) is 4.62. The van der Waals surface area contributed by atoms with E-state index in [9.17, 15) is 4.79 Å². The van der Waals surface area contributed by atoms with Crippen LogP contribution in [0.3, 0.4) is 0 Å².